The fourth-order valence-corrected chi connectivity index (χ4v) is 2.89. The van der Waals surface area contributed by atoms with Gasteiger partial charge < -0.3 is 5.32 Å². The molecular weight excluding hydrogens is 424 g/mol. The number of nitrogens with zero attached hydrogens (tertiary/aromatic N) is 1. The first-order chi connectivity index (χ1) is 8.65. The maximum Gasteiger partial charge on any atom is 0.0684 e. The molecule has 1 N–H and O–H groups in total. The third kappa shape index (κ3) is 4.16. The minimum atomic E-state index is 0.740. The Morgan fingerprint density at radius 2 is 1.67 bits per heavy atom. The Morgan fingerprint density at radius 1 is 0.944 bits per heavy atom. The average molecular weight is 435 g/mol. The van der Waals surface area contributed by atoms with Crippen LogP contribution in [0.2, 0.25) is 0 Å². The topological polar surface area (TPSA) is 24.9 Å². The van der Waals surface area contributed by atoms with Gasteiger partial charge in [-0.05, 0) is 55.6 Å². The van der Waals surface area contributed by atoms with Crippen LogP contribution in [0.1, 0.15) is 11.3 Å². The van der Waals surface area contributed by atoms with E-state index < -0.39 is 0 Å². The van der Waals surface area contributed by atoms with Gasteiger partial charge in [-0.25, -0.2) is 0 Å². The molecule has 0 radical (unpaired) electrons. The van der Waals surface area contributed by atoms with E-state index in [9.17, 15) is 0 Å². The molecule has 1 aromatic heterocycles. The molecule has 0 saturated carbocycles. The highest BCUT2D eigenvalue weighted by molar-refractivity contribution is 9.11. The molecule has 5 heteroatoms. The van der Waals surface area contributed by atoms with Crippen LogP contribution in [0.3, 0.4) is 0 Å². The lowest BCUT2D eigenvalue weighted by Gasteiger charge is -2.06. The van der Waals surface area contributed by atoms with E-state index >= 15 is 0 Å². The Hall–Kier alpha value is -0.230. The van der Waals surface area contributed by atoms with Crippen molar-refractivity contribution in [1.29, 1.82) is 0 Å². The first-order valence-electron chi connectivity index (χ1n) is 5.40. The molecule has 0 amide bonds. The number of rotatable bonds is 4. The highest BCUT2D eigenvalue weighted by Crippen LogP contribution is 2.19. The van der Waals surface area contributed by atoms with Crippen LogP contribution in [-0.2, 0) is 13.1 Å². The molecule has 0 fully saturated rings. The number of benzene rings is 1. The monoisotopic (exact) mass is 432 g/mol. The fourth-order valence-electron chi connectivity index (χ4n) is 1.50. The third-order valence-electron chi connectivity index (χ3n) is 2.42. The van der Waals surface area contributed by atoms with Gasteiger partial charge in [0.2, 0.25) is 0 Å². The number of hydrogen-bond acceptors (Lipinski definition) is 2. The Labute approximate surface area is 132 Å². The second kappa shape index (κ2) is 6.80. The molecule has 0 aliphatic heterocycles. The molecule has 0 spiro atoms. The van der Waals surface area contributed by atoms with Crippen molar-refractivity contribution in [2.45, 2.75) is 13.1 Å². The van der Waals surface area contributed by atoms with Crippen molar-refractivity contribution in [3.8, 4) is 0 Å². The third-order valence-corrected chi connectivity index (χ3v) is 4.07. The van der Waals surface area contributed by atoms with E-state index in [4.69, 9.17) is 0 Å². The summed E-state index contributed by atoms with van der Waals surface area (Å²) in [6.07, 6.45) is 1.81. The normalized spacial score (nSPS) is 10.6. The van der Waals surface area contributed by atoms with E-state index in [1.54, 1.807) is 6.20 Å². The van der Waals surface area contributed by atoms with Crippen LogP contribution in [0.15, 0.2) is 49.9 Å². The zero-order chi connectivity index (χ0) is 13.0. The van der Waals surface area contributed by atoms with E-state index in [1.807, 2.05) is 18.2 Å². The molecule has 0 saturated heterocycles. The van der Waals surface area contributed by atoms with Gasteiger partial charge in [-0.15, -0.1) is 0 Å². The lowest BCUT2D eigenvalue weighted by atomic mass is 10.2. The number of aromatic nitrogens is 1. The molecule has 1 aromatic carbocycles. The first-order valence-corrected chi connectivity index (χ1v) is 7.78. The number of halogens is 3. The van der Waals surface area contributed by atoms with Crippen LogP contribution in [-0.4, -0.2) is 4.98 Å². The zero-order valence-corrected chi connectivity index (χ0v) is 14.2. The summed E-state index contributed by atoms with van der Waals surface area (Å²) in [5.41, 5.74) is 2.27. The van der Waals surface area contributed by atoms with Crippen molar-refractivity contribution in [3.05, 3.63) is 61.2 Å². The van der Waals surface area contributed by atoms with Crippen molar-refractivity contribution in [2.24, 2.45) is 0 Å². The molecular formula is C13H11Br3N2. The molecule has 0 unspecified atom stereocenters. The Bertz CT molecular complexity index is 526. The molecule has 1 heterocycles. The van der Waals surface area contributed by atoms with Crippen LogP contribution in [0.4, 0.5) is 0 Å². The molecule has 0 bridgehead atoms. The van der Waals surface area contributed by atoms with Crippen molar-refractivity contribution in [2.75, 3.05) is 0 Å². The van der Waals surface area contributed by atoms with Gasteiger partial charge in [0.25, 0.3) is 0 Å². The summed E-state index contributed by atoms with van der Waals surface area (Å²) in [6.45, 7) is 1.57. The molecule has 2 aromatic rings. The van der Waals surface area contributed by atoms with Crippen LogP contribution in [0, 0.1) is 0 Å². The van der Waals surface area contributed by atoms with Gasteiger partial charge >= 0.3 is 0 Å². The maximum atomic E-state index is 4.36. The van der Waals surface area contributed by atoms with E-state index in [0.29, 0.717) is 0 Å². The highest BCUT2D eigenvalue weighted by Gasteiger charge is 2.02. The van der Waals surface area contributed by atoms with Crippen LogP contribution in [0.5, 0.6) is 0 Å². The van der Waals surface area contributed by atoms with Gasteiger partial charge in [-0.3, -0.25) is 4.98 Å². The van der Waals surface area contributed by atoms with Crippen molar-refractivity contribution in [3.63, 3.8) is 0 Å². The predicted octanol–water partition coefficient (Wildman–Crippen LogP) is 4.66. The molecule has 0 aliphatic carbocycles. The standard InChI is InChI=1S/C13H11Br3N2/c14-10-3-1-9(2-4-10)6-17-8-13-12(16)5-11(15)7-18-13/h1-5,7,17H,6,8H2. The number of nitrogens with one attached hydrogen (secondary N) is 1. The fraction of sp³-hybridized carbons (Fsp3) is 0.154. The minimum absolute atomic E-state index is 0.740. The van der Waals surface area contributed by atoms with E-state index in [2.05, 4.69) is 70.2 Å². The second-order valence-corrected chi connectivity index (χ2v) is 6.50. The number of pyridine rings is 1. The Morgan fingerprint density at radius 3 is 2.33 bits per heavy atom. The van der Waals surface area contributed by atoms with Crippen molar-refractivity contribution < 1.29 is 0 Å². The summed E-state index contributed by atoms with van der Waals surface area (Å²) < 4.78 is 3.09. The molecule has 18 heavy (non-hydrogen) atoms. The van der Waals surface area contributed by atoms with Crippen LogP contribution < -0.4 is 5.32 Å². The summed E-state index contributed by atoms with van der Waals surface area (Å²) >= 11 is 10.3. The molecule has 2 rings (SSSR count). The SMILES string of the molecule is Brc1ccc(CNCc2ncc(Br)cc2Br)cc1. The van der Waals surface area contributed by atoms with Gasteiger partial charge in [0, 0.05) is 32.7 Å². The average Bonchev–Trinajstić information content (AvgIpc) is 2.34. The van der Waals surface area contributed by atoms with Crippen LogP contribution in [0.25, 0.3) is 0 Å². The summed E-state index contributed by atoms with van der Waals surface area (Å²) in [6, 6.07) is 10.3. The van der Waals surface area contributed by atoms with Gasteiger partial charge in [-0.2, -0.15) is 0 Å². The molecule has 0 atom stereocenters. The van der Waals surface area contributed by atoms with E-state index in [-0.39, 0.29) is 0 Å². The summed E-state index contributed by atoms with van der Waals surface area (Å²) in [5.74, 6) is 0. The molecule has 2 nitrogen and oxygen atoms in total. The van der Waals surface area contributed by atoms with Gasteiger partial charge in [-0.1, -0.05) is 28.1 Å². The number of hydrogen-bond donors (Lipinski definition) is 1. The minimum Gasteiger partial charge on any atom is -0.307 e. The largest absolute Gasteiger partial charge is 0.307 e. The maximum absolute atomic E-state index is 4.36. The first kappa shape index (κ1) is 14.2. The molecule has 0 aliphatic rings. The summed E-state index contributed by atoms with van der Waals surface area (Å²) in [7, 11) is 0. The Kier molecular flexibility index (Phi) is 5.36. The van der Waals surface area contributed by atoms with Gasteiger partial charge in [0.1, 0.15) is 0 Å². The van der Waals surface area contributed by atoms with Gasteiger partial charge in [0.15, 0.2) is 0 Å². The highest BCUT2D eigenvalue weighted by atomic mass is 79.9. The zero-order valence-electron chi connectivity index (χ0n) is 9.46. The van der Waals surface area contributed by atoms with Crippen molar-refractivity contribution in [1.82, 2.24) is 10.3 Å². The smallest absolute Gasteiger partial charge is 0.0684 e. The lowest BCUT2D eigenvalue weighted by molar-refractivity contribution is 0.677. The summed E-state index contributed by atoms with van der Waals surface area (Å²) in [5, 5.41) is 3.37. The Balaban J connectivity index is 1.90. The van der Waals surface area contributed by atoms with Crippen LogP contribution >= 0.6 is 47.8 Å². The molecule has 94 valence electrons. The van der Waals surface area contributed by atoms with Gasteiger partial charge in [0.05, 0.1) is 5.69 Å². The summed E-state index contributed by atoms with van der Waals surface area (Å²) in [4.78, 5) is 4.36. The van der Waals surface area contributed by atoms with E-state index in [0.717, 1.165) is 32.2 Å². The van der Waals surface area contributed by atoms with Crippen molar-refractivity contribution >= 4 is 47.8 Å². The predicted molar refractivity (Wildman–Crippen MR) is 84.3 cm³/mol. The quantitative estimate of drug-likeness (QED) is 0.757. The second-order valence-electron chi connectivity index (χ2n) is 3.81. The lowest BCUT2D eigenvalue weighted by Crippen LogP contribution is -2.14. The van der Waals surface area contributed by atoms with E-state index in [1.165, 1.54) is 5.56 Å².